The van der Waals surface area contributed by atoms with E-state index in [1.165, 1.54) is 18.4 Å². The van der Waals surface area contributed by atoms with Gasteiger partial charge in [-0.2, -0.15) is 0 Å². The van der Waals surface area contributed by atoms with Gasteiger partial charge >= 0.3 is 0 Å². The third kappa shape index (κ3) is 3.70. The second kappa shape index (κ2) is 7.48. The van der Waals surface area contributed by atoms with Crippen LogP contribution in [0.1, 0.15) is 37.8 Å². The van der Waals surface area contributed by atoms with Crippen molar-refractivity contribution in [3.05, 3.63) is 54.1 Å². The monoisotopic (exact) mass is 271 g/mol. The highest BCUT2D eigenvalue weighted by atomic mass is 16.6. The number of unbranched alkanes of at least 4 members (excludes halogenated alkanes) is 1. The van der Waals surface area contributed by atoms with Crippen molar-refractivity contribution < 1.29 is 4.84 Å². The molecular weight excluding hydrogens is 250 g/mol. The molecule has 4 nitrogen and oxygen atoms in total. The quantitative estimate of drug-likeness (QED) is 0.458. The van der Waals surface area contributed by atoms with Crippen LogP contribution in [0.3, 0.4) is 0 Å². The minimum absolute atomic E-state index is 0.548. The van der Waals surface area contributed by atoms with Gasteiger partial charge in [-0.25, -0.2) is 4.98 Å². The second-order valence-corrected chi connectivity index (χ2v) is 4.60. The number of aryl methyl sites for hydroxylation is 1. The van der Waals surface area contributed by atoms with Gasteiger partial charge in [-0.05, 0) is 25.3 Å². The van der Waals surface area contributed by atoms with Gasteiger partial charge in [0.05, 0.1) is 0 Å². The van der Waals surface area contributed by atoms with Crippen molar-refractivity contribution in [3.63, 3.8) is 0 Å². The van der Waals surface area contributed by atoms with Gasteiger partial charge in [-0.3, -0.25) is 4.57 Å². The van der Waals surface area contributed by atoms with E-state index < -0.39 is 0 Å². The summed E-state index contributed by atoms with van der Waals surface area (Å²) in [7, 11) is 0. The number of nitrogens with zero attached hydrogens (tertiary/aromatic N) is 3. The zero-order valence-corrected chi connectivity index (χ0v) is 12.1. The molecule has 0 amide bonds. The molecule has 0 aliphatic carbocycles. The summed E-state index contributed by atoms with van der Waals surface area (Å²) in [4.78, 5) is 9.27. The van der Waals surface area contributed by atoms with Crippen LogP contribution in [-0.2, 0) is 11.3 Å². The third-order valence-corrected chi connectivity index (χ3v) is 3.06. The second-order valence-electron chi connectivity index (χ2n) is 4.60. The van der Waals surface area contributed by atoms with E-state index in [0.29, 0.717) is 6.61 Å². The Labute approximate surface area is 120 Å². The van der Waals surface area contributed by atoms with Crippen LogP contribution in [0.2, 0.25) is 0 Å². The maximum atomic E-state index is 5.21. The average molecular weight is 271 g/mol. The summed E-state index contributed by atoms with van der Waals surface area (Å²) in [6.07, 6.45) is 8.89. The molecule has 1 aromatic carbocycles. The van der Waals surface area contributed by atoms with Crippen molar-refractivity contribution in [2.75, 3.05) is 6.61 Å². The Kier molecular flexibility index (Phi) is 5.35. The summed E-state index contributed by atoms with van der Waals surface area (Å²) in [5.41, 5.74) is 2.38. The van der Waals surface area contributed by atoms with Gasteiger partial charge in [0.25, 0.3) is 0 Å². The first kappa shape index (κ1) is 14.3. The molecule has 0 aliphatic rings. The summed E-state index contributed by atoms with van der Waals surface area (Å²) in [5.74, 6) is 0.756. The molecule has 20 heavy (non-hydrogen) atoms. The highest BCUT2D eigenvalue weighted by Crippen LogP contribution is 2.10. The molecule has 2 aromatic rings. The number of benzene rings is 1. The van der Waals surface area contributed by atoms with Crippen molar-refractivity contribution in [1.29, 1.82) is 0 Å². The molecule has 0 saturated heterocycles. The lowest BCUT2D eigenvalue weighted by Gasteiger charge is -2.08. The van der Waals surface area contributed by atoms with Crippen LogP contribution < -0.4 is 0 Å². The number of imidazole rings is 1. The third-order valence-electron chi connectivity index (χ3n) is 3.06. The SMILES string of the molecule is CCCCc1ccc(/C(=N\OCC)n2ccnc2)cc1. The van der Waals surface area contributed by atoms with Crippen LogP contribution in [0.25, 0.3) is 0 Å². The van der Waals surface area contributed by atoms with Crippen LogP contribution in [0.15, 0.2) is 48.1 Å². The summed E-state index contributed by atoms with van der Waals surface area (Å²) in [6, 6.07) is 8.48. The first-order valence-electron chi connectivity index (χ1n) is 7.12. The highest BCUT2D eigenvalue weighted by molar-refractivity contribution is 5.99. The zero-order valence-electron chi connectivity index (χ0n) is 12.1. The van der Waals surface area contributed by atoms with E-state index in [9.17, 15) is 0 Å². The molecule has 0 atom stereocenters. The van der Waals surface area contributed by atoms with Crippen molar-refractivity contribution in [2.45, 2.75) is 33.1 Å². The van der Waals surface area contributed by atoms with Crippen LogP contribution in [0, 0.1) is 0 Å². The summed E-state index contributed by atoms with van der Waals surface area (Å²) in [5, 5.41) is 4.19. The van der Waals surface area contributed by atoms with E-state index in [-0.39, 0.29) is 0 Å². The molecule has 0 radical (unpaired) electrons. The lowest BCUT2D eigenvalue weighted by molar-refractivity contribution is 0.158. The molecule has 0 N–H and O–H groups in total. The molecule has 1 aromatic heterocycles. The highest BCUT2D eigenvalue weighted by Gasteiger charge is 2.07. The van der Waals surface area contributed by atoms with Crippen LogP contribution in [-0.4, -0.2) is 22.0 Å². The Morgan fingerprint density at radius 2 is 2.05 bits per heavy atom. The lowest BCUT2D eigenvalue weighted by atomic mass is 10.1. The standard InChI is InChI=1S/C16H21N3O/c1-3-5-6-14-7-9-15(10-8-14)16(18-20-4-2)19-12-11-17-13-19/h7-13H,3-6H2,1-2H3/b18-16+. The van der Waals surface area contributed by atoms with Crippen molar-refractivity contribution in [3.8, 4) is 0 Å². The van der Waals surface area contributed by atoms with Gasteiger partial charge in [0.15, 0.2) is 5.84 Å². The largest absolute Gasteiger partial charge is 0.394 e. The van der Waals surface area contributed by atoms with E-state index in [2.05, 4.69) is 41.3 Å². The molecule has 0 unspecified atom stereocenters. The van der Waals surface area contributed by atoms with Gasteiger partial charge in [0.2, 0.25) is 0 Å². The molecule has 0 saturated carbocycles. The summed E-state index contributed by atoms with van der Waals surface area (Å²) in [6.45, 7) is 4.68. The van der Waals surface area contributed by atoms with E-state index in [0.717, 1.165) is 17.8 Å². The normalized spacial score (nSPS) is 11.6. The zero-order chi connectivity index (χ0) is 14.2. The molecule has 4 heteroatoms. The first-order chi connectivity index (χ1) is 9.85. The number of hydrogen-bond donors (Lipinski definition) is 0. The topological polar surface area (TPSA) is 39.4 Å². The van der Waals surface area contributed by atoms with Crippen molar-refractivity contribution >= 4 is 5.84 Å². The molecule has 0 aliphatic heterocycles. The summed E-state index contributed by atoms with van der Waals surface area (Å²) >= 11 is 0. The van der Waals surface area contributed by atoms with E-state index >= 15 is 0 Å². The minimum atomic E-state index is 0.548. The minimum Gasteiger partial charge on any atom is -0.394 e. The number of oxime groups is 1. The maximum Gasteiger partial charge on any atom is 0.184 e. The smallest absolute Gasteiger partial charge is 0.184 e. The van der Waals surface area contributed by atoms with Gasteiger partial charge in [-0.1, -0.05) is 42.8 Å². The maximum absolute atomic E-state index is 5.21. The van der Waals surface area contributed by atoms with Crippen molar-refractivity contribution in [2.24, 2.45) is 5.16 Å². The van der Waals surface area contributed by atoms with Crippen LogP contribution in [0.5, 0.6) is 0 Å². The fourth-order valence-corrected chi connectivity index (χ4v) is 1.96. The molecule has 2 rings (SSSR count). The van der Waals surface area contributed by atoms with E-state index in [4.69, 9.17) is 4.84 Å². The van der Waals surface area contributed by atoms with E-state index in [1.54, 1.807) is 12.5 Å². The summed E-state index contributed by atoms with van der Waals surface area (Å²) < 4.78 is 1.86. The van der Waals surface area contributed by atoms with Gasteiger partial charge in [-0.15, -0.1) is 0 Å². The molecule has 0 bridgehead atoms. The van der Waals surface area contributed by atoms with Crippen LogP contribution in [0.4, 0.5) is 0 Å². The van der Waals surface area contributed by atoms with E-state index in [1.807, 2.05) is 17.7 Å². The number of aromatic nitrogens is 2. The Morgan fingerprint density at radius 3 is 2.65 bits per heavy atom. The fourth-order valence-electron chi connectivity index (χ4n) is 1.96. The number of hydrogen-bond acceptors (Lipinski definition) is 3. The van der Waals surface area contributed by atoms with Gasteiger partial charge in [0, 0.05) is 18.0 Å². The molecule has 0 fully saturated rings. The molecule has 106 valence electrons. The fraction of sp³-hybridized carbons (Fsp3) is 0.375. The van der Waals surface area contributed by atoms with Crippen molar-refractivity contribution in [1.82, 2.24) is 9.55 Å². The van der Waals surface area contributed by atoms with Gasteiger partial charge < -0.3 is 4.84 Å². The number of rotatable bonds is 6. The molecule has 1 heterocycles. The first-order valence-corrected chi connectivity index (χ1v) is 7.12. The Bertz CT molecular complexity index is 529. The average Bonchev–Trinajstić information content (AvgIpc) is 3.01. The molecule has 0 spiro atoms. The Morgan fingerprint density at radius 1 is 1.25 bits per heavy atom. The predicted molar refractivity (Wildman–Crippen MR) is 80.8 cm³/mol. The predicted octanol–water partition coefficient (Wildman–Crippen LogP) is 3.47. The Balaban J connectivity index is 2.21. The molecular formula is C16H21N3O. The van der Waals surface area contributed by atoms with Gasteiger partial charge in [0.1, 0.15) is 12.9 Å². The Hall–Kier alpha value is -2.10. The van der Waals surface area contributed by atoms with Crippen LogP contribution >= 0.6 is 0 Å². The lowest BCUT2D eigenvalue weighted by Crippen LogP contribution is -2.12.